The van der Waals surface area contributed by atoms with Crippen LogP contribution in [-0.4, -0.2) is 19.6 Å². The lowest BCUT2D eigenvalue weighted by Gasteiger charge is -2.25. The minimum absolute atomic E-state index is 0.0306. The number of nitrogens with one attached hydrogen (secondary N) is 1. The van der Waals surface area contributed by atoms with Gasteiger partial charge in [-0.1, -0.05) is 31.2 Å². The summed E-state index contributed by atoms with van der Waals surface area (Å²) < 4.78 is 11.0. The van der Waals surface area contributed by atoms with Crippen molar-refractivity contribution in [2.24, 2.45) is 5.92 Å². The van der Waals surface area contributed by atoms with Gasteiger partial charge in [-0.15, -0.1) is 0 Å². The van der Waals surface area contributed by atoms with E-state index in [1.54, 1.807) is 7.11 Å². The standard InChI is InChI=1S/C20H23NO3/c1-3-14-4-6-15(7-5-14)12-21-20(22)17-10-16-11-18(23-2)8-9-19(16)24-13-17/h4-9,11,17H,3,10,12-13H2,1-2H3,(H,21,22)/t17-/m0/s1. The Balaban J connectivity index is 1.59. The monoisotopic (exact) mass is 325 g/mol. The molecule has 1 amide bonds. The van der Waals surface area contributed by atoms with Gasteiger partial charge in [0.05, 0.1) is 13.0 Å². The van der Waals surface area contributed by atoms with Gasteiger partial charge in [0, 0.05) is 6.54 Å². The van der Waals surface area contributed by atoms with Gasteiger partial charge in [-0.2, -0.15) is 0 Å². The Morgan fingerprint density at radius 3 is 2.67 bits per heavy atom. The van der Waals surface area contributed by atoms with Crippen LogP contribution in [0.5, 0.6) is 11.5 Å². The number of hydrogen-bond donors (Lipinski definition) is 1. The van der Waals surface area contributed by atoms with Crippen LogP contribution in [0.25, 0.3) is 0 Å². The molecule has 0 spiro atoms. The fourth-order valence-corrected chi connectivity index (χ4v) is 2.89. The molecular formula is C20H23NO3. The molecule has 3 rings (SSSR count). The molecule has 0 unspecified atom stereocenters. The molecule has 0 saturated carbocycles. The van der Waals surface area contributed by atoms with Gasteiger partial charge >= 0.3 is 0 Å². The molecule has 1 atom stereocenters. The third kappa shape index (κ3) is 3.70. The summed E-state index contributed by atoms with van der Waals surface area (Å²) in [6.07, 6.45) is 1.70. The second kappa shape index (κ2) is 7.39. The molecule has 0 aliphatic carbocycles. The number of carbonyl (C=O) groups excluding carboxylic acids is 1. The quantitative estimate of drug-likeness (QED) is 0.919. The second-order valence-corrected chi connectivity index (χ2v) is 6.07. The largest absolute Gasteiger partial charge is 0.497 e. The van der Waals surface area contributed by atoms with Crippen molar-refractivity contribution in [3.05, 3.63) is 59.2 Å². The summed E-state index contributed by atoms with van der Waals surface area (Å²) in [7, 11) is 1.64. The average Bonchev–Trinajstić information content (AvgIpc) is 2.65. The molecule has 1 aliphatic rings. The maximum Gasteiger partial charge on any atom is 0.227 e. The highest BCUT2D eigenvalue weighted by atomic mass is 16.5. The van der Waals surface area contributed by atoms with Crippen LogP contribution in [0.4, 0.5) is 0 Å². The zero-order chi connectivity index (χ0) is 16.9. The molecule has 4 nitrogen and oxygen atoms in total. The third-order valence-corrected chi connectivity index (χ3v) is 4.44. The summed E-state index contributed by atoms with van der Waals surface area (Å²) in [6, 6.07) is 14.1. The SMILES string of the molecule is CCc1ccc(CNC(=O)[C@@H]2COc3ccc(OC)cc3C2)cc1. The predicted octanol–water partition coefficient (Wildman–Crippen LogP) is 3.13. The highest BCUT2D eigenvalue weighted by molar-refractivity contribution is 5.79. The lowest BCUT2D eigenvalue weighted by Crippen LogP contribution is -2.37. The third-order valence-electron chi connectivity index (χ3n) is 4.44. The van der Waals surface area contributed by atoms with E-state index < -0.39 is 0 Å². The number of hydrogen-bond acceptors (Lipinski definition) is 3. The summed E-state index contributed by atoms with van der Waals surface area (Å²) in [5.74, 6) is 1.49. The summed E-state index contributed by atoms with van der Waals surface area (Å²) >= 11 is 0. The van der Waals surface area contributed by atoms with Gasteiger partial charge in [0.15, 0.2) is 0 Å². The molecule has 0 saturated heterocycles. The average molecular weight is 325 g/mol. The molecule has 2 aromatic carbocycles. The minimum Gasteiger partial charge on any atom is -0.497 e. The van der Waals surface area contributed by atoms with Crippen molar-refractivity contribution in [3.63, 3.8) is 0 Å². The van der Waals surface area contributed by atoms with E-state index in [-0.39, 0.29) is 11.8 Å². The van der Waals surface area contributed by atoms with E-state index in [1.165, 1.54) is 5.56 Å². The predicted molar refractivity (Wildman–Crippen MR) is 93.3 cm³/mol. The molecule has 1 aliphatic heterocycles. The van der Waals surface area contributed by atoms with Crippen LogP contribution in [-0.2, 0) is 24.2 Å². The van der Waals surface area contributed by atoms with E-state index in [4.69, 9.17) is 9.47 Å². The van der Waals surface area contributed by atoms with Crippen LogP contribution in [0, 0.1) is 5.92 Å². The number of amides is 1. The highest BCUT2D eigenvalue weighted by Crippen LogP contribution is 2.30. The molecule has 2 aromatic rings. The molecule has 0 bridgehead atoms. The highest BCUT2D eigenvalue weighted by Gasteiger charge is 2.26. The van der Waals surface area contributed by atoms with E-state index in [2.05, 4.69) is 36.5 Å². The van der Waals surface area contributed by atoms with Gasteiger partial charge in [-0.05, 0) is 47.7 Å². The van der Waals surface area contributed by atoms with Crippen LogP contribution in [0.1, 0.15) is 23.6 Å². The summed E-state index contributed by atoms with van der Waals surface area (Å²) in [6.45, 7) is 3.09. The normalized spacial score (nSPS) is 16.0. The van der Waals surface area contributed by atoms with Crippen molar-refractivity contribution in [1.29, 1.82) is 0 Å². The first-order chi connectivity index (χ1) is 11.7. The Kier molecular flexibility index (Phi) is 5.04. The maximum atomic E-state index is 12.4. The van der Waals surface area contributed by atoms with E-state index >= 15 is 0 Å². The van der Waals surface area contributed by atoms with Gasteiger partial charge in [-0.3, -0.25) is 4.79 Å². The molecule has 0 radical (unpaired) electrons. The van der Waals surface area contributed by atoms with Crippen molar-refractivity contribution < 1.29 is 14.3 Å². The maximum absolute atomic E-state index is 12.4. The Hall–Kier alpha value is -2.49. The van der Waals surface area contributed by atoms with Crippen molar-refractivity contribution >= 4 is 5.91 Å². The number of benzene rings is 2. The summed E-state index contributed by atoms with van der Waals surface area (Å²) in [5, 5.41) is 3.02. The smallest absolute Gasteiger partial charge is 0.227 e. The van der Waals surface area contributed by atoms with Crippen LogP contribution in [0.15, 0.2) is 42.5 Å². The fourth-order valence-electron chi connectivity index (χ4n) is 2.89. The summed E-state index contributed by atoms with van der Waals surface area (Å²) in [4.78, 5) is 12.4. The Morgan fingerprint density at radius 1 is 1.21 bits per heavy atom. The van der Waals surface area contributed by atoms with Gasteiger partial charge in [0.1, 0.15) is 18.1 Å². The zero-order valence-electron chi connectivity index (χ0n) is 14.2. The molecule has 24 heavy (non-hydrogen) atoms. The lowest BCUT2D eigenvalue weighted by molar-refractivity contribution is -0.126. The van der Waals surface area contributed by atoms with Gasteiger partial charge in [-0.25, -0.2) is 0 Å². The van der Waals surface area contributed by atoms with E-state index in [9.17, 15) is 4.79 Å². The molecule has 126 valence electrons. The molecule has 1 N–H and O–H groups in total. The first kappa shape index (κ1) is 16.4. The zero-order valence-corrected chi connectivity index (χ0v) is 14.2. The van der Waals surface area contributed by atoms with Crippen LogP contribution < -0.4 is 14.8 Å². The lowest BCUT2D eigenvalue weighted by atomic mass is 9.95. The molecular weight excluding hydrogens is 302 g/mol. The van der Waals surface area contributed by atoms with Crippen molar-refractivity contribution in [1.82, 2.24) is 5.32 Å². The number of ether oxygens (including phenoxy) is 2. The first-order valence-electron chi connectivity index (χ1n) is 8.35. The van der Waals surface area contributed by atoms with E-state index in [0.29, 0.717) is 19.6 Å². The molecule has 0 aromatic heterocycles. The van der Waals surface area contributed by atoms with Gasteiger partial charge in [0.2, 0.25) is 5.91 Å². The van der Waals surface area contributed by atoms with E-state index in [1.807, 2.05) is 18.2 Å². The van der Waals surface area contributed by atoms with E-state index in [0.717, 1.165) is 29.0 Å². The number of fused-ring (bicyclic) bond motifs is 1. The van der Waals surface area contributed by atoms with Crippen LogP contribution in [0.3, 0.4) is 0 Å². The number of methoxy groups -OCH3 is 1. The minimum atomic E-state index is -0.167. The van der Waals surface area contributed by atoms with Gasteiger partial charge < -0.3 is 14.8 Å². The number of aryl methyl sites for hydroxylation is 1. The van der Waals surface area contributed by atoms with Crippen LogP contribution in [0.2, 0.25) is 0 Å². The van der Waals surface area contributed by atoms with Crippen molar-refractivity contribution in [2.45, 2.75) is 26.3 Å². The fraction of sp³-hybridized carbons (Fsp3) is 0.350. The number of carbonyl (C=O) groups is 1. The Bertz CT molecular complexity index is 709. The van der Waals surface area contributed by atoms with Crippen molar-refractivity contribution in [3.8, 4) is 11.5 Å². The summed E-state index contributed by atoms with van der Waals surface area (Å²) in [5.41, 5.74) is 3.43. The Morgan fingerprint density at radius 2 is 1.96 bits per heavy atom. The van der Waals surface area contributed by atoms with Gasteiger partial charge in [0.25, 0.3) is 0 Å². The second-order valence-electron chi connectivity index (χ2n) is 6.07. The topological polar surface area (TPSA) is 47.6 Å². The first-order valence-corrected chi connectivity index (χ1v) is 8.35. The Labute approximate surface area is 142 Å². The number of rotatable bonds is 5. The molecule has 4 heteroatoms. The molecule has 1 heterocycles. The van der Waals surface area contributed by atoms with Crippen molar-refractivity contribution in [2.75, 3.05) is 13.7 Å². The van der Waals surface area contributed by atoms with Crippen LogP contribution >= 0.6 is 0 Å². The molecule has 0 fully saturated rings.